The molecule has 0 spiro atoms. The molecule has 0 saturated carbocycles. The zero-order valence-corrected chi connectivity index (χ0v) is 54.0. The van der Waals surface area contributed by atoms with Crippen molar-refractivity contribution in [2.75, 3.05) is 13.2 Å². The van der Waals surface area contributed by atoms with E-state index in [1.807, 2.05) is 6.08 Å². The molecule has 6 nitrogen and oxygen atoms in total. The van der Waals surface area contributed by atoms with Gasteiger partial charge in [-0.3, -0.25) is 14.4 Å². The summed E-state index contributed by atoms with van der Waals surface area (Å²) in [6.45, 7) is 6.49. The molecule has 0 rings (SSSR count). The standard InChI is InChI=1S/C76H130O6/c1-4-7-10-13-16-19-22-25-28-31-34-35-36-37-38-39-40-41-43-45-48-51-54-57-60-63-66-69-75(78)81-72-73(71-80-74(77)68-65-62-59-56-53-50-47-44-33-30-27-24-21-18-15-12-9-6-3)82-76(79)70-67-64-61-58-55-52-49-46-42-32-29-26-23-20-17-14-11-8-5-2/h8,11,17,20,22,25-26,29-31,33-34,42,46,52,55,61,64,73H,4-7,9-10,12-16,18-19,21,23-24,27-28,32,35-41,43-45,47-51,53-54,56-60,62-63,65-72H2,1-3H3/b11-8-,20-17-,25-22-,29-26-,33-30-,34-31-,46-42-,55-52-,64-61-. The molecule has 0 aromatic rings. The summed E-state index contributed by atoms with van der Waals surface area (Å²) in [5.41, 5.74) is 0. The number of unbranched alkanes of at least 4 members (excludes halogenated alkanes) is 34. The van der Waals surface area contributed by atoms with Gasteiger partial charge in [0.2, 0.25) is 0 Å². The lowest BCUT2D eigenvalue weighted by Crippen LogP contribution is -2.30. The van der Waals surface area contributed by atoms with Gasteiger partial charge in [0.15, 0.2) is 6.10 Å². The molecule has 0 aromatic carbocycles. The van der Waals surface area contributed by atoms with Gasteiger partial charge in [-0.25, -0.2) is 0 Å². The molecule has 0 N–H and O–H groups in total. The quantitative estimate of drug-likeness (QED) is 0.0261. The van der Waals surface area contributed by atoms with E-state index in [1.54, 1.807) is 0 Å². The Labute approximate surface area is 508 Å². The van der Waals surface area contributed by atoms with Gasteiger partial charge in [0.05, 0.1) is 0 Å². The highest BCUT2D eigenvalue weighted by Gasteiger charge is 2.19. The van der Waals surface area contributed by atoms with Gasteiger partial charge in [-0.2, -0.15) is 0 Å². The highest BCUT2D eigenvalue weighted by atomic mass is 16.6. The molecule has 470 valence electrons. The highest BCUT2D eigenvalue weighted by Crippen LogP contribution is 2.17. The second-order valence-corrected chi connectivity index (χ2v) is 23.1. The molecule has 1 atom stereocenters. The lowest BCUT2D eigenvalue weighted by Gasteiger charge is -2.18. The average Bonchev–Trinajstić information content (AvgIpc) is 3.47. The summed E-state index contributed by atoms with van der Waals surface area (Å²) in [5.74, 6) is -0.986. The summed E-state index contributed by atoms with van der Waals surface area (Å²) in [4.78, 5) is 38.4. The zero-order chi connectivity index (χ0) is 59.2. The van der Waals surface area contributed by atoms with Crippen LogP contribution in [0.2, 0.25) is 0 Å². The third-order valence-electron chi connectivity index (χ3n) is 15.0. The Morgan fingerprint density at radius 2 is 0.500 bits per heavy atom. The van der Waals surface area contributed by atoms with Crippen molar-refractivity contribution in [2.45, 2.75) is 341 Å². The summed E-state index contributed by atoms with van der Waals surface area (Å²) in [6, 6.07) is 0. The molecule has 0 aliphatic carbocycles. The first-order valence-corrected chi connectivity index (χ1v) is 34.9. The molecule has 0 saturated heterocycles. The van der Waals surface area contributed by atoms with E-state index < -0.39 is 12.1 Å². The number of allylic oxidation sites excluding steroid dienone is 18. The van der Waals surface area contributed by atoms with Crippen molar-refractivity contribution < 1.29 is 28.6 Å². The Bertz CT molecular complexity index is 1640. The van der Waals surface area contributed by atoms with Gasteiger partial charge < -0.3 is 14.2 Å². The van der Waals surface area contributed by atoms with Crippen LogP contribution in [0.15, 0.2) is 109 Å². The SMILES string of the molecule is CC/C=C\C/C=C\C/C=C\C/C=C\C/C=C\C/C=C\CCC(=O)OC(COC(=O)CCCCCCCCC/C=C\CCCCCCCCC)COC(=O)CCCCCCCCCCCCCCCCC/C=C\C/C=C\CCCCCCC. The fourth-order valence-electron chi connectivity index (χ4n) is 9.79. The lowest BCUT2D eigenvalue weighted by atomic mass is 10.0. The molecule has 0 bridgehead atoms. The van der Waals surface area contributed by atoms with Gasteiger partial charge >= 0.3 is 17.9 Å². The Balaban J connectivity index is 4.40. The van der Waals surface area contributed by atoms with Gasteiger partial charge in [-0.15, -0.1) is 0 Å². The van der Waals surface area contributed by atoms with Crippen LogP contribution in [0.25, 0.3) is 0 Å². The normalized spacial score (nSPS) is 12.8. The van der Waals surface area contributed by atoms with E-state index in [9.17, 15) is 14.4 Å². The molecular weight excluding hydrogens is 1010 g/mol. The second-order valence-electron chi connectivity index (χ2n) is 23.1. The number of carbonyl (C=O) groups is 3. The van der Waals surface area contributed by atoms with Crippen molar-refractivity contribution in [3.63, 3.8) is 0 Å². The van der Waals surface area contributed by atoms with Crippen molar-refractivity contribution in [1.29, 1.82) is 0 Å². The lowest BCUT2D eigenvalue weighted by molar-refractivity contribution is -0.166. The van der Waals surface area contributed by atoms with Crippen LogP contribution in [-0.4, -0.2) is 37.2 Å². The van der Waals surface area contributed by atoms with Crippen molar-refractivity contribution in [2.24, 2.45) is 0 Å². The van der Waals surface area contributed by atoms with E-state index >= 15 is 0 Å². The first-order chi connectivity index (χ1) is 40.5. The van der Waals surface area contributed by atoms with Gasteiger partial charge in [-0.05, 0) is 116 Å². The maximum absolute atomic E-state index is 12.9. The monoisotopic (exact) mass is 1140 g/mol. The minimum atomic E-state index is -0.823. The van der Waals surface area contributed by atoms with Crippen LogP contribution in [-0.2, 0) is 28.6 Å². The number of esters is 3. The largest absolute Gasteiger partial charge is 0.462 e. The maximum atomic E-state index is 12.9. The summed E-state index contributed by atoms with van der Waals surface area (Å²) in [6.07, 6.45) is 95.5. The van der Waals surface area contributed by atoms with Gasteiger partial charge in [0.25, 0.3) is 0 Å². The molecule has 0 aliphatic rings. The third-order valence-corrected chi connectivity index (χ3v) is 15.0. The Kier molecular flexibility index (Phi) is 66.2. The molecular formula is C76H130O6. The maximum Gasteiger partial charge on any atom is 0.306 e. The predicted octanol–water partition coefficient (Wildman–Crippen LogP) is 24.2. The highest BCUT2D eigenvalue weighted by molar-refractivity contribution is 5.71. The van der Waals surface area contributed by atoms with Gasteiger partial charge in [0, 0.05) is 19.3 Å². The number of ether oxygens (including phenoxy) is 3. The fourth-order valence-corrected chi connectivity index (χ4v) is 9.79. The predicted molar refractivity (Wildman–Crippen MR) is 357 cm³/mol. The minimum Gasteiger partial charge on any atom is -0.462 e. The van der Waals surface area contributed by atoms with E-state index in [1.165, 1.54) is 205 Å². The van der Waals surface area contributed by atoms with Crippen LogP contribution in [0.1, 0.15) is 335 Å². The smallest absolute Gasteiger partial charge is 0.306 e. The number of carbonyl (C=O) groups excluding carboxylic acids is 3. The molecule has 0 fully saturated rings. The Hall–Kier alpha value is -3.93. The van der Waals surface area contributed by atoms with Crippen LogP contribution in [0.5, 0.6) is 0 Å². The fraction of sp³-hybridized carbons (Fsp3) is 0.724. The molecule has 0 heterocycles. The first kappa shape index (κ1) is 78.1. The minimum absolute atomic E-state index is 0.109. The molecule has 0 aliphatic heterocycles. The summed E-state index contributed by atoms with van der Waals surface area (Å²) >= 11 is 0. The average molecular weight is 1140 g/mol. The van der Waals surface area contributed by atoms with Crippen LogP contribution in [0, 0.1) is 0 Å². The molecule has 82 heavy (non-hydrogen) atoms. The van der Waals surface area contributed by atoms with Crippen molar-refractivity contribution in [3.8, 4) is 0 Å². The topological polar surface area (TPSA) is 78.9 Å². The Morgan fingerprint density at radius 3 is 0.805 bits per heavy atom. The van der Waals surface area contributed by atoms with Crippen molar-refractivity contribution in [1.82, 2.24) is 0 Å². The number of rotatable bonds is 63. The van der Waals surface area contributed by atoms with E-state index in [-0.39, 0.29) is 31.6 Å². The molecule has 6 heteroatoms. The number of hydrogen-bond donors (Lipinski definition) is 0. The van der Waals surface area contributed by atoms with E-state index in [0.717, 1.165) is 83.5 Å². The third kappa shape index (κ3) is 66.9. The van der Waals surface area contributed by atoms with E-state index in [0.29, 0.717) is 19.3 Å². The molecule has 0 aromatic heterocycles. The van der Waals surface area contributed by atoms with Gasteiger partial charge in [-0.1, -0.05) is 310 Å². The van der Waals surface area contributed by atoms with Gasteiger partial charge in [0.1, 0.15) is 13.2 Å². The van der Waals surface area contributed by atoms with Crippen LogP contribution in [0.4, 0.5) is 0 Å². The zero-order valence-electron chi connectivity index (χ0n) is 54.0. The molecule has 0 radical (unpaired) electrons. The summed E-state index contributed by atoms with van der Waals surface area (Å²) in [5, 5.41) is 0. The second kappa shape index (κ2) is 69.6. The van der Waals surface area contributed by atoms with Crippen LogP contribution < -0.4 is 0 Å². The van der Waals surface area contributed by atoms with E-state index in [4.69, 9.17) is 14.2 Å². The van der Waals surface area contributed by atoms with Crippen LogP contribution >= 0.6 is 0 Å². The summed E-state index contributed by atoms with van der Waals surface area (Å²) in [7, 11) is 0. The van der Waals surface area contributed by atoms with Crippen molar-refractivity contribution in [3.05, 3.63) is 109 Å². The van der Waals surface area contributed by atoms with Crippen LogP contribution in [0.3, 0.4) is 0 Å². The first-order valence-electron chi connectivity index (χ1n) is 34.9. The molecule has 0 amide bonds. The van der Waals surface area contributed by atoms with E-state index in [2.05, 4.69) is 124 Å². The molecule has 1 unspecified atom stereocenters. The number of hydrogen-bond acceptors (Lipinski definition) is 6. The van der Waals surface area contributed by atoms with Crippen molar-refractivity contribution >= 4 is 17.9 Å². The Morgan fingerprint density at radius 1 is 0.256 bits per heavy atom. The summed E-state index contributed by atoms with van der Waals surface area (Å²) < 4.78 is 16.9.